The summed E-state index contributed by atoms with van der Waals surface area (Å²) < 4.78 is 1.03. The normalized spacial score (nSPS) is 12.5. The summed E-state index contributed by atoms with van der Waals surface area (Å²) in [7, 11) is 1.97. The van der Waals surface area contributed by atoms with Gasteiger partial charge < -0.3 is 5.32 Å². The van der Waals surface area contributed by atoms with Gasteiger partial charge >= 0.3 is 0 Å². The molecule has 2 aromatic carbocycles. The Morgan fingerprint density at radius 2 is 1.76 bits per heavy atom. The smallest absolute Gasteiger partial charge is 0.0767 e. The van der Waals surface area contributed by atoms with Crippen molar-refractivity contribution in [3.05, 3.63) is 75.9 Å². The molecule has 3 aromatic rings. The third-order valence-electron chi connectivity index (χ3n) is 3.68. The minimum atomic E-state index is 0.0737. The molecule has 1 atom stereocenters. The summed E-state index contributed by atoms with van der Waals surface area (Å²) in [6, 6.07) is 19.0. The van der Waals surface area contributed by atoms with Crippen LogP contribution in [0.2, 0.25) is 0 Å². The first-order valence-corrected chi connectivity index (χ1v) is 7.77. The zero-order valence-corrected chi connectivity index (χ0v) is 13.7. The molecule has 0 aliphatic rings. The Balaban J connectivity index is 2.12. The Labute approximate surface area is 133 Å². The highest BCUT2D eigenvalue weighted by Gasteiger charge is 2.17. The van der Waals surface area contributed by atoms with E-state index in [0.29, 0.717) is 0 Å². The molecule has 3 heteroatoms. The molecule has 1 aromatic heterocycles. The van der Waals surface area contributed by atoms with Crippen LogP contribution in [0.1, 0.15) is 22.9 Å². The second-order valence-corrected chi connectivity index (χ2v) is 6.03. The monoisotopic (exact) mass is 340 g/mol. The molecule has 3 rings (SSSR count). The van der Waals surface area contributed by atoms with Crippen LogP contribution in [0, 0.1) is 6.92 Å². The van der Waals surface area contributed by atoms with Gasteiger partial charge in [0, 0.05) is 9.86 Å². The molecule has 106 valence electrons. The molecule has 1 unspecified atom stereocenters. The predicted molar refractivity (Wildman–Crippen MR) is 91.5 cm³/mol. The standard InChI is InChI=1S/C18H17BrN2/c1-12-7-9-13(10-8-12)17(20-2)18-15(19)11-14-5-3-4-6-16(14)21-18/h3-11,17,20H,1-2H3. The van der Waals surface area contributed by atoms with Crippen LogP contribution < -0.4 is 5.32 Å². The van der Waals surface area contributed by atoms with Crippen molar-refractivity contribution in [3.63, 3.8) is 0 Å². The van der Waals surface area contributed by atoms with Crippen molar-refractivity contribution in [1.29, 1.82) is 0 Å². The Kier molecular flexibility index (Phi) is 4.04. The number of pyridine rings is 1. The second-order valence-electron chi connectivity index (χ2n) is 5.18. The molecule has 0 radical (unpaired) electrons. The number of aromatic nitrogens is 1. The molecule has 1 heterocycles. The fourth-order valence-corrected chi connectivity index (χ4v) is 3.09. The average molecular weight is 341 g/mol. The lowest BCUT2D eigenvalue weighted by Crippen LogP contribution is -2.19. The molecule has 0 aliphatic heterocycles. The topological polar surface area (TPSA) is 24.9 Å². The van der Waals surface area contributed by atoms with Crippen LogP contribution in [0.25, 0.3) is 10.9 Å². The molecule has 0 bridgehead atoms. The molecule has 2 nitrogen and oxygen atoms in total. The van der Waals surface area contributed by atoms with Crippen molar-refractivity contribution >= 4 is 26.8 Å². The van der Waals surface area contributed by atoms with E-state index < -0.39 is 0 Å². The van der Waals surface area contributed by atoms with Gasteiger partial charge in [-0.25, -0.2) is 4.98 Å². The van der Waals surface area contributed by atoms with E-state index in [2.05, 4.69) is 64.6 Å². The molecule has 0 saturated carbocycles. The van der Waals surface area contributed by atoms with Gasteiger partial charge in [-0.15, -0.1) is 0 Å². The first-order chi connectivity index (χ1) is 10.2. The molecule has 0 aliphatic carbocycles. The highest BCUT2D eigenvalue weighted by Crippen LogP contribution is 2.29. The van der Waals surface area contributed by atoms with Crippen LogP contribution in [0.15, 0.2) is 59.1 Å². The Bertz CT molecular complexity index is 766. The van der Waals surface area contributed by atoms with Gasteiger partial charge in [-0.05, 0) is 47.6 Å². The maximum atomic E-state index is 4.84. The van der Waals surface area contributed by atoms with E-state index in [1.54, 1.807) is 0 Å². The summed E-state index contributed by atoms with van der Waals surface area (Å²) >= 11 is 3.67. The largest absolute Gasteiger partial charge is 0.308 e. The Morgan fingerprint density at radius 1 is 1.05 bits per heavy atom. The molecule has 21 heavy (non-hydrogen) atoms. The van der Waals surface area contributed by atoms with E-state index in [4.69, 9.17) is 4.98 Å². The second kappa shape index (κ2) is 5.96. The van der Waals surface area contributed by atoms with Gasteiger partial charge in [0.05, 0.1) is 17.3 Å². The number of rotatable bonds is 3. The third-order valence-corrected chi connectivity index (χ3v) is 4.31. The van der Waals surface area contributed by atoms with Crippen LogP contribution in [-0.2, 0) is 0 Å². The zero-order chi connectivity index (χ0) is 14.8. The van der Waals surface area contributed by atoms with E-state index in [9.17, 15) is 0 Å². The summed E-state index contributed by atoms with van der Waals surface area (Å²) in [5.74, 6) is 0. The van der Waals surface area contributed by atoms with Gasteiger partial charge in [0.2, 0.25) is 0 Å². The van der Waals surface area contributed by atoms with Crippen molar-refractivity contribution < 1.29 is 0 Å². The molecule has 0 spiro atoms. The van der Waals surface area contributed by atoms with E-state index in [1.165, 1.54) is 11.1 Å². The van der Waals surface area contributed by atoms with Gasteiger partial charge in [0.1, 0.15) is 0 Å². The zero-order valence-electron chi connectivity index (χ0n) is 12.1. The lowest BCUT2D eigenvalue weighted by molar-refractivity contribution is 0.670. The molecular weight excluding hydrogens is 324 g/mol. The highest BCUT2D eigenvalue weighted by molar-refractivity contribution is 9.10. The molecule has 0 amide bonds. The number of hydrogen-bond donors (Lipinski definition) is 1. The van der Waals surface area contributed by atoms with Crippen molar-refractivity contribution in [3.8, 4) is 0 Å². The van der Waals surface area contributed by atoms with E-state index in [1.807, 2.05) is 25.2 Å². The van der Waals surface area contributed by atoms with Gasteiger partial charge in [0.25, 0.3) is 0 Å². The summed E-state index contributed by atoms with van der Waals surface area (Å²) in [6.07, 6.45) is 0. The summed E-state index contributed by atoms with van der Waals surface area (Å²) in [5.41, 5.74) is 4.51. The fraction of sp³-hybridized carbons (Fsp3) is 0.167. The van der Waals surface area contributed by atoms with Gasteiger partial charge in [-0.1, -0.05) is 48.0 Å². The van der Waals surface area contributed by atoms with E-state index in [0.717, 1.165) is 21.1 Å². The van der Waals surface area contributed by atoms with Crippen LogP contribution in [0.5, 0.6) is 0 Å². The number of benzene rings is 2. The summed E-state index contributed by atoms with van der Waals surface area (Å²) in [5, 5.41) is 4.51. The third kappa shape index (κ3) is 2.85. The van der Waals surface area contributed by atoms with Crippen LogP contribution >= 0.6 is 15.9 Å². The number of nitrogens with one attached hydrogen (secondary N) is 1. The van der Waals surface area contributed by atoms with Gasteiger partial charge in [-0.2, -0.15) is 0 Å². The predicted octanol–water partition coefficient (Wildman–Crippen LogP) is 4.61. The average Bonchev–Trinajstić information content (AvgIpc) is 2.50. The quantitative estimate of drug-likeness (QED) is 0.752. The lowest BCUT2D eigenvalue weighted by atomic mass is 10.0. The van der Waals surface area contributed by atoms with Crippen molar-refractivity contribution in [2.24, 2.45) is 0 Å². The maximum absolute atomic E-state index is 4.84. The van der Waals surface area contributed by atoms with E-state index in [-0.39, 0.29) is 6.04 Å². The van der Waals surface area contributed by atoms with Crippen molar-refractivity contribution in [2.45, 2.75) is 13.0 Å². The molecule has 0 saturated heterocycles. The number of para-hydroxylation sites is 1. The SMILES string of the molecule is CNC(c1ccc(C)cc1)c1nc2ccccc2cc1Br. The fourth-order valence-electron chi connectivity index (χ4n) is 2.53. The summed E-state index contributed by atoms with van der Waals surface area (Å²) in [4.78, 5) is 4.84. The maximum Gasteiger partial charge on any atom is 0.0767 e. The van der Waals surface area contributed by atoms with Crippen molar-refractivity contribution in [2.75, 3.05) is 7.05 Å². The van der Waals surface area contributed by atoms with E-state index >= 15 is 0 Å². The van der Waals surface area contributed by atoms with Gasteiger partial charge in [0.15, 0.2) is 0 Å². The highest BCUT2D eigenvalue weighted by atomic mass is 79.9. The molecular formula is C18H17BrN2. The first-order valence-electron chi connectivity index (χ1n) is 6.98. The van der Waals surface area contributed by atoms with Crippen LogP contribution in [0.3, 0.4) is 0 Å². The molecule has 0 fully saturated rings. The number of fused-ring (bicyclic) bond motifs is 1. The minimum absolute atomic E-state index is 0.0737. The Hall–Kier alpha value is -1.71. The van der Waals surface area contributed by atoms with Gasteiger partial charge in [-0.3, -0.25) is 0 Å². The Morgan fingerprint density at radius 3 is 2.48 bits per heavy atom. The van der Waals surface area contributed by atoms with Crippen LogP contribution in [0.4, 0.5) is 0 Å². The van der Waals surface area contributed by atoms with Crippen molar-refractivity contribution in [1.82, 2.24) is 10.3 Å². The molecule has 1 N–H and O–H groups in total. The summed E-state index contributed by atoms with van der Waals surface area (Å²) in [6.45, 7) is 2.10. The minimum Gasteiger partial charge on any atom is -0.308 e. The number of halogens is 1. The van der Waals surface area contributed by atoms with Crippen LogP contribution in [-0.4, -0.2) is 12.0 Å². The first kappa shape index (κ1) is 14.2. The lowest BCUT2D eigenvalue weighted by Gasteiger charge is -2.18. The number of hydrogen-bond acceptors (Lipinski definition) is 2. The number of aryl methyl sites for hydroxylation is 1. The number of nitrogens with zero attached hydrogens (tertiary/aromatic N) is 1.